The molecule has 0 bridgehead atoms. The molecule has 2 heterocycles. The molecule has 0 spiro atoms. The van der Waals surface area contributed by atoms with Crippen molar-refractivity contribution in [2.24, 2.45) is 0 Å². The Kier molecular flexibility index (Phi) is 1.65. The number of nitrogens with zero attached hydrogens (tertiary/aromatic N) is 2. The lowest BCUT2D eigenvalue weighted by atomic mass is 10.3. The zero-order valence-corrected chi connectivity index (χ0v) is 7.61. The molecule has 2 aromatic rings. The van der Waals surface area contributed by atoms with Crippen molar-refractivity contribution in [1.82, 2.24) is 9.38 Å². The van der Waals surface area contributed by atoms with Crippen molar-refractivity contribution < 1.29 is 4.79 Å². The van der Waals surface area contributed by atoms with Crippen LogP contribution in [0.25, 0.3) is 5.52 Å². The number of rotatable bonds is 1. The van der Waals surface area contributed by atoms with Crippen LogP contribution in [-0.2, 0) is 0 Å². The summed E-state index contributed by atoms with van der Waals surface area (Å²) in [6.07, 6.45) is 3.62. The van der Waals surface area contributed by atoms with Crippen LogP contribution in [0.3, 0.4) is 0 Å². The lowest BCUT2D eigenvalue weighted by Crippen LogP contribution is -2.00. The van der Waals surface area contributed by atoms with Crippen molar-refractivity contribution in [3.63, 3.8) is 0 Å². The maximum Gasteiger partial charge on any atom is 0.195 e. The average Bonchev–Trinajstić information content (AvgIpc) is 2.46. The van der Waals surface area contributed by atoms with Crippen LogP contribution in [0.2, 0.25) is 0 Å². The van der Waals surface area contributed by atoms with Gasteiger partial charge in [0, 0.05) is 13.1 Å². The summed E-state index contributed by atoms with van der Waals surface area (Å²) in [7, 11) is 0. The first-order valence-corrected chi connectivity index (χ1v) is 4.13. The molecular formula is C10H10N2O. The molecular weight excluding hydrogens is 164 g/mol. The van der Waals surface area contributed by atoms with Gasteiger partial charge < -0.3 is 0 Å². The number of imidazole rings is 1. The van der Waals surface area contributed by atoms with Crippen LogP contribution in [0.4, 0.5) is 0 Å². The molecule has 0 amide bonds. The van der Waals surface area contributed by atoms with Crippen LogP contribution in [0.1, 0.15) is 23.1 Å². The van der Waals surface area contributed by atoms with Gasteiger partial charge in [-0.05, 0) is 18.6 Å². The Morgan fingerprint density at radius 1 is 1.46 bits per heavy atom. The molecule has 66 valence electrons. The molecule has 0 aliphatic rings. The molecule has 0 radical (unpaired) electrons. The molecule has 0 aliphatic carbocycles. The summed E-state index contributed by atoms with van der Waals surface area (Å²) in [6, 6.07) is 3.95. The SMILES string of the molecule is CC(=O)c1ncc2ccc(C)cn12. The Bertz CT molecular complexity index is 471. The van der Waals surface area contributed by atoms with E-state index in [0.29, 0.717) is 5.82 Å². The maximum atomic E-state index is 11.1. The lowest BCUT2D eigenvalue weighted by Gasteiger charge is -1.98. The van der Waals surface area contributed by atoms with Gasteiger partial charge in [0.05, 0.1) is 11.7 Å². The molecule has 13 heavy (non-hydrogen) atoms. The minimum atomic E-state index is -0.00870. The number of ketones is 1. The Morgan fingerprint density at radius 2 is 2.23 bits per heavy atom. The minimum absolute atomic E-state index is 0.00870. The molecule has 0 N–H and O–H groups in total. The lowest BCUT2D eigenvalue weighted by molar-refractivity contribution is 0.100. The number of fused-ring (bicyclic) bond motifs is 1. The predicted molar refractivity (Wildman–Crippen MR) is 49.9 cm³/mol. The van der Waals surface area contributed by atoms with Gasteiger partial charge >= 0.3 is 0 Å². The van der Waals surface area contributed by atoms with Crippen molar-refractivity contribution >= 4 is 11.3 Å². The number of aromatic nitrogens is 2. The summed E-state index contributed by atoms with van der Waals surface area (Å²) in [5, 5.41) is 0. The average molecular weight is 174 g/mol. The van der Waals surface area contributed by atoms with Crippen LogP contribution in [-0.4, -0.2) is 15.2 Å². The second-order valence-corrected chi connectivity index (χ2v) is 3.14. The topological polar surface area (TPSA) is 34.4 Å². The number of pyridine rings is 1. The van der Waals surface area contributed by atoms with Gasteiger partial charge in [-0.1, -0.05) is 6.07 Å². The van der Waals surface area contributed by atoms with Gasteiger partial charge in [0.1, 0.15) is 0 Å². The Balaban J connectivity index is 2.79. The van der Waals surface area contributed by atoms with E-state index in [0.717, 1.165) is 11.1 Å². The van der Waals surface area contributed by atoms with Crippen LogP contribution in [0, 0.1) is 6.92 Å². The van der Waals surface area contributed by atoms with E-state index in [1.807, 2.05) is 29.7 Å². The van der Waals surface area contributed by atoms with Gasteiger partial charge in [0.25, 0.3) is 0 Å². The maximum absolute atomic E-state index is 11.1. The van der Waals surface area contributed by atoms with Crippen LogP contribution in [0.15, 0.2) is 24.5 Å². The zero-order valence-electron chi connectivity index (χ0n) is 7.61. The Hall–Kier alpha value is -1.64. The van der Waals surface area contributed by atoms with E-state index in [1.54, 1.807) is 6.20 Å². The fourth-order valence-corrected chi connectivity index (χ4v) is 1.36. The fourth-order valence-electron chi connectivity index (χ4n) is 1.36. The summed E-state index contributed by atoms with van der Waals surface area (Å²) < 4.78 is 1.82. The van der Waals surface area contributed by atoms with E-state index in [1.165, 1.54) is 6.92 Å². The molecule has 0 fully saturated rings. The second-order valence-electron chi connectivity index (χ2n) is 3.14. The van der Waals surface area contributed by atoms with Crippen LogP contribution >= 0.6 is 0 Å². The molecule has 2 aromatic heterocycles. The molecule has 0 aliphatic heterocycles. The van der Waals surface area contributed by atoms with Gasteiger partial charge in [0.15, 0.2) is 11.6 Å². The van der Waals surface area contributed by atoms with E-state index < -0.39 is 0 Å². The van der Waals surface area contributed by atoms with Crippen LogP contribution < -0.4 is 0 Å². The molecule has 0 saturated carbocycles. The highest BCUT2D eigenvalue weighted by Gasteiger charge is 2.06. The van der Waals surface area contributed by atoms with E-state index in [2.05, 4.69) is 4.98 Å². The third kappa shape index (κ3) is 1.22. The standard InChI is InChI=1S/C10H10N2O/c1-7-3-4-9-5-11-10(8(2)13)12(9)6-7/h3-6H,1-2H3. The highest BCUT2D eigenvalue weighted by Crippen LogP contribution is 2.08. The first-order chi connectivity index (χ1) is 6.18. The quantitative estimate of drug-likeness (QED) is 0.618. The van der Waals surface area contributed by atoms with Crippen molar-refractivity contribution in [3.05, 3.63) is 35.9 Å². The van der Waals surface area contributed by atoms with Crippen molar-refractivity contribution in [1.29, 1.82) is 0 Å². The largest absolute Gasteiger partial charge is 0.297 e. The van der Waals surface area contributed by atoms with Crippen LogP contribution in [0.5, 0.6) is 0 Å². The van der Waals surface area contributed by atoms with Crippen molar-refractivity contribution in [3.8, 4) is 0 Å². The fraction of sp³-hybridized carbons (Fsp3) is 0.200. The van der Waals surface area contributed by atoms with E-state index in [-0.39, 0.29) is 5.78 Å². The highest BCUT2D eigenvalue weighted by molar-refractivity contribution is 5.91. The Labute approximate surface area is 76.0 Å². The number of carbonyl (C=O) groups excluding carboxylic acids is 1. The number of aryl methyl sites for hydroxylation is 1. The molecule has 0 unspecified atom stereocenters. The van der Waals surface area contributed by atoms with Gasteiger partial charge in [-0.2, -0.15) is 0 Å². The molecule has 0 atom stereocenters. The molecule has 0 aromatic carbocycles. The summed E-state index contributed by atoms with van der Waals surface area (Å²) >= 11 is 0. The predicted octanol–water partition coefficient (Wildman–Crippen LogP) is 1.85. The first-order valence-electron chi connectivity index (χ1n) is 4.13. The van der Waals surface area contributed by atoms with Crippen molar-refractivity contribution in [2.45, 2.75) is 13.8 Å². The smallest absolute Gasteiger partial charge is 0.195 e. The zero-order chi connectivity index (χ0) is 9.42. The monoisotopic (exact) mass is 174 g/mol. The number of hydrogen-bond donors (Lipinski definition) is 0. The number of hydrogen-bond acceptors (Lipinski definition) is 2. The first kappa shape index (κ1) is 7.98. The Morgan fingerprint density at radius 3 is 2.92 bits per heavy atom. The third-order valence-corrected chi connectivity index (χ3v) is 1.99. The summed E-state index contributed by atoms with van der Waals surface area (Å²) in [4.78, 5) is 15.2. The van der Waals surface area contributed by atoms with Gasteiger partial charge in [-0.15, -0.1) is 0 Å². The summed E-state index contributed by atoms with van der Waals surface area (Å²) in [5.41, 5.74) is 2.07. The second kappa shape index (κ2) is 2.69. The third-order valence-electron chi connectivity index (χ3n) is 1.99. The van der Waals surface area contributed by atoms with E-state index in [9.17, 15) is 4.79 Å². The van der Waals surface area contributed by atoms with Gasteiger partial charge in [0.2, 0.25) is 0 Å². The summed E-state index contributed by atoms with van der Waals surface area (Å²) in [5.74, 6) is 0.490. The normalized spacial score (nSPS) is 10.6. The summed E-state index contributed by atoms with van der Waals surface area (Å²) in [6.45, 7) is 3.51. The van der Waals surface area contributed by atoms with Gasteiger partial charge in [-0.25, -0.2) is 4.98 Å². The van der Waals surface area contributed by atoms with E-state index >= 15 is 0 Å². The van der Waals surface area contributed by atoms with E-state index in [4.69, 9.17) is 0 Å². The van der Waals surface area contributed by atoms with Gasteiger partial charge in [-0.3, -0.25) is 9.20 Å². The number of carbonyl (C=O) groups is 1. The molecule has 3 nitrogen and oxygen atoms in total. The molecule has 2 rings (SSSR count). The molecule has 0 saturated heterocycles. The molecule has 3 heteroatoms. The highest BCUT2D eigenvalue weighted by atomic mass is 16.1. The number of Topliss-reactive ketones (excluding diaryl/α,β-unsaturated/α-hetero) is 1. The minimum Gasteiger partial charge on any atom is -0.297 e. The van der Waals surface area contributed by atoms with Crippen molar-refractivity contribution in [2.75, 3.05) is 0 Å².